The smallest absolute Gasteiger partial charge is 0.305 e. The van der Waals surface area contributed by atoms with Crippen LogP contribution in [-0.2, 0) is 25.6 Å². The quantitative estimate of drug-likeness (QED) is 0.0643. The first-order valence-electron chi connectivity index (χ1n) is 19.0. The van der Waals surface area contributed by atoms with Crippen LogP contribution >= 0.6 is 15.9 Å². The highest BCUT2D eigenvalue weighted by atomic mass is 79.9. The molecule has 13 heteroatoms. The molecule has 3 rings (SSSR count). The van der Waals surface area contributed by atoms with E-state index in [2.05, 4.69) is 71.5 Å². The Kier molecular flexibility index (Phi) is 15.9. The lowest BCUT2D eigenvalue weighted by molar-refractivity contribution is -0.142. The molecule has 1 aromatic heterocycles. The number of carbonyl (C=O) groups is 4. The zero-order valence-electron chi connectivity index (χ0n) is 34.2. The maximum Gasteiger partial charge on any atom is 0.305 e. The molecule has 0 unspecified atom stereocenters. The van der Waals surface area contributed by atoms with Crippen LogP contribution < -0.4 is 15.1 Å². The van der Waals surface area contributed by atoms with Crippen molar-refractivity contribution in [3.63, 3.8) is 0 Å². The summed E-state index contributed by atoms with van der Waals surface area (Å²) in [5, 5.41) is 26.2. The van der Waals surface area contributed by atoms with Gasteiger partial charge in [-0.1, -0.05) is 76.6 Å². The summed E-state index contributed by atoms with van der Waals surface area (Å²) >= 11 is 3.61. The molecule has 55 heavy (non-hydrogen) atoms. The van der Waals surface area contributed by atoms with Crippen LogP contribution in [0.25, 0.3) is 10.9 Å². The molecule has 0 aliphatic heterocycles. The number of carboxylic acids is 1. The second-order valence-corrected chi connectivity index (χ2v) is 22.2. The van der Waals surface area contributed by atoms with Gasteiger partial charge >= 0.3 is 5.97 Å². The summed E-state index contributed by atoms with van der Waals surface area (Å²) in [6.07, 6.45) is 2.46. The number of hydrogen-bond donors (Lipinski definition) is 5. The average molecular weight is 842 g/mol. The van der Waals surface area contributed by atoms with Crippen molar-refractivity contribution < 1.29 is 33.8 Å². The van der Waals surface area contributed by atoms with Crippen molar-refractivity contribution in [2.45, 2.75) is 123 Å². The first-order valence-corrected chi connectivity index (χ1v) is 22.7. The number of aliphatic carboxylic acids is 1. The first kappa shape index (κ1) is 45.4. The number of carboxylic acid groups (broad SMARTS) is 1. The summed E-state index contributed by atoms with van der Waals surface area (Å²) in [5.74, 6) is -2.01. The number of hydrogen-bond acceptors (Lipinski definition) is 6. The van der Waals surface area contributed by atoms with Gasteiger partial charge in [0.1, 0.15) is 17.8 Å². The van der Waals surface area contributed by atoms with E-state index >= 15 is 0 Å². The maximum atomic E-state index is 14.4. The summed E-state index contributed by atoms with van der Waals surface area (Å²) in [6, 6.07) is 11.8. The number of H-pyrrole nitrogens is 1. The number of nitrogens with one attached hydrogen (secondary N) is 3. The number of para-hydroxylation sites is 1. The lowest BCUT2D eigenvalue weighted by atomic mass is 9.95. The zero-order valence-corrected chi connectivity index (χ0v) is 36.8. The first-order chi connectivity index (χ1) is 25.5. The van der Waals surface area contributed by atoms with E-state index < -0.39 is 56.2 Å². The average Bonchev–Trinajstić information content (AvgIpc) is 3.39. The molecule has 0 saturated carbocycles. The Balaban J connectivity index is 1.89. The molecule has 6 atom stereocenters. The molecule has 11 nitrogen and oxygen atoms in total. The fraction of sp³-hybridized carbons (Fsp3) is 0.524. The molecule has 0 aliphatic rings. The SMILES string of the molecule is C/C(=C\[C@H](C)C[C@H](C)O)C[C@H](C)C(=O)N[C@@H](C)C(=O)N(C)[C@H](Cc1c(Br)[nH]c2ccccc12)C(=O)N[C@H](CC(=O)O)c1ccc(O[Si](C)(C)C(C)(C)C)cc1. The zero-order chi connectivity index (χ0) is 41.4. The molecule has 1 heterocycles. The van der Waals surface area contributed by atoms with E-state index in [1.165, 1.54) is 11.9 Å². The molecular weight excluding hydrogens is 780 g/mol. The third-order valence-corrected chi connectivity index (χ3v) is 15.6. The Morgan fingerprint density at radius 3 is 2.16 bits per heavy atom. The number of aromatic amines is 1. The molecule has 0 saturated heterocycles. The number of halogens is 1. The lowest BCUT2D eigenvalue weighted by Gasteiger charge is -2.36. The van der Waals surface area contributed by atoms with Crippen LogP contribution in [0.5, 0.6) is 5.75 Å². The molecule has 0 fully saturated rings. The van der Waals surface area contributed by atoms with Crippen LogP contribution in [0.2, 0.25) is 18.1 Å². The van der Waals surface area contributed by atoms with Gasteiger partial charge in [-0.05, 0) is 103 Å². The van der Waals surface area contributed by atoms with Gasteiger partial charge in [-0.2, -0.15) is 0 Å². The summed E-state index contributed by atoms with van der Waals surface area (Å²) in [6.45, 7) is 19.8. The van der Waals surface area contributed by atoms with Crippen molar-refractivity contribution >= 4 is 58.8 Å². The van der Waals surface area contributed by atoms with Gasteiger partial charge in [0.25, 0.3) is 0 Å². The minimum absolute atomic E-state index is 0.0165. The number of likely N-dealkylation sites (N-methyl/N-ethyl adjacent to an activating group) is 1. The Morgan fingerprint density at radius 2 is 1.58 bits per heavy atom. The standard InChI is InChI=1S/C42H61BrN4O7Si/c1-25(20-26(2)22-28(4)48)21-27(3)39(51)44-29(5)41(53)47(9)36(23-33-32-14-12-13-15-34(32)45-38(33)43)40(52)46-35(24-37(49)50)30-16-18-31(19-17-30)54-55(10,11)42(6,7)8/h12-20,26-29,35-36,45,48H,21-24H2,1-11H3,(H,44,51)(H,46,52)(H,49,50)/b25-20+/t26-,27-,28-,29-,35+,36+/m0/s1. The van der Waals surface area contributed by atoms with Gasteiger partial charge in [0.2, 0.25) is 26.0 Å². The molecule has 5 N–H and O–H groups in total. The predicted molar refractivity (Wildman–Crippen MR) is 224 cm³/mol. The normalized spacial score (nSPS) is 15.7. The van der Waals surface area contributed by atoms with E-state index in [-0.39, 0.29) is 29.7 Å². The van der Waals surface area contributed by atoms with Crippen molar-refractivity contribution in [2.24, 2.45) is 11.8 Å². The molecule has 0 radical (unpaired) electrons. The summed E-state index contributed by atoms with van der Waals surface area (Å²) in [5.41, 5.74) is 3.22. The third kappa shape index (κ3) is 12.8. The van der Waals surface area contributed by atoms with E-state index in [1.54, 1.807) is 45.0 Å². The van der Waals surface area contributed by atoms with Crippen molar-refractivity contribution in [1.82, 2.24) is 20.5 Å². The van der Waals surface area contributed by atoms with Crippen LogP contribution in [-0.4, -0.2) is 77.3 Å². The maximum absolute atomic E-state index is 14.4. The number of amides is 3. The van der Waals surface area contributed by atoms with E-state index in [0.717, 1.165) is 22.0 Å². The van der Waals surface area contributed by atoms with Gasteiger partial charge in [-0.15, -0.1) is 0 Å². The highest BCUT2D eigenvalue weighted by Crippen LogP contribution is 2.37. The van der Waals surface area contributed by atoms with Gasteiger partial charge in [0, 0.05) is 30.3 Å². The fourth-order valence-corrected chi connectivity index (χ4v) is 8.11. The summed E-state index contributed by atoms with van der Waals surface area (Å²) in [7, 11) is -0.601. The molecule has 0 aliphatic carbocycles. The number of aliphatic hydroxyl groups is 1. The van der Waals surface area contributed by atoms with Crippen molar-refractivity contribution in [3.05, 3.63) is 75.9 Å². The van der Waals surface area contributed by atoms with E-state index in [9.17, 15) is 29.4 Å². The second kappa shape index (κ2) is 19.3. The minimum atomic E-state index is -2.13. The minimum Gasteiger partial charge on any atom is -0.544 e. The number of allylic oxidation sites excluding steroid dienone is 2. The van der Waals surface area contributed by atoms with Crippen LogP contribution in [0, 0.1) is 11.8 Å². The molecule has 0 spiro atoms. The monoisotopic (exact) mass is 840 g/mol. The van der Waals surface area contributed by atoms with Crippen LogP contribution in [0.3, 0.4) is 0 Å². The Bertz CT molecular complexity index is 1830. The fourth-order valence-electron chi connectivity index (χ4n) is 6.49. The molecule has 2 aromatic carbocycles. The predicted octanol–water partition coefficient (Wildman–Crippen LogP) is 7.90. The van der Waals surface area contributed by atoms with Gasteiger partial charge in [-0.3, -0.25) is 19.2 Å². The van der Waals surface area contributed by atoms with Crippen molar-refractivity contribution in [3.8, 4) is 5.75 Å². The van der Waals surface area contributed by atoms with E-state index in [0.29, 0.717) is 28.8 Å². The van der Waals surface area contributed by atoms with E-state index in [1.807, 2.05) is 38.1 Å². The number of aromatic nitrogens is 1. The second-order valence-electron chi connectivity index (χ2n) is 16.6. The topological polar surface area (TPSA) is 161 Å². The van der Waals surface area contributed by atoms with Gasteiger partial charge in [0.15, 0.2) is 0 Å². The Morgan fingerprint density at radius 1 is 0.964 bits per heavy atom. The molecule has 3 amide bonds. The van der Waals surface area contributed by atoms with Gasteiger partial charge in [0.05, 0.1) is 23.2 Å². The van der Waals surface area contributed by atoms with Crippen LogP contribution in [0.4, 0.5) is 0 Å². The highest BCUT2D eigenvalue weighted by Gasteiger charge is 2.39. The molecule has 3 aromatic rings. The summed E-state index contributed by atoms with van der Waals surface area (Å²) in [4.78, 5) is 58.4. The van der Waals surface area contributed by atoms with Crippen molar-refractivity contribution in [2.75, 3.05) is 7.05 Å². The third-order valence-electron chi connectivity index (χ3n) is 10.5. The number of aliphatic hydroxyl groups excluding tert-OH is 1. The molecule has 302 valence electrons. The molecular formula is C42H61BrN4O7Si. The summed E-state index contributed by atoms with van der Waals surface area (Å²) < 4.78 is 7.08. The van der Waals surface area contributed by atoms with E-state index in [4.69, 9.17) is 4.43 Å². The lowest BCUT2D eigenvalue weighted by Crippen LogP contribution is -2.55. The van der Waals surface area contributed by atoms with Gasteiger partial charge in [-0.25, -0.2) is 0 Å². The van der Waals surface area contributed by atoms with Crippen LogP contribution in [0.1, 0.15) is 91.8 Å². The number of nitrogens with zero attached hydrogens (tertiary/aromatic N) is 1. The highest BCUT2D eigenvalue weighted by molar-refractivity contribution is 9.10. The Labute approximate surface area is 335 Å². The molecule has 0 bridgehead atoms. The van der Waals surface area contributed by atoms with Crippen LogP contribution in [0.15, 0.2) is 64.8 Å². The van der Waals surface area contributed by atoms with Gasteiger partial charge < -0.3 is 35.2 Å². The largest absolute Gasteiger partial charge is 0.544 e. The number of rotatable bonds is 18. The Hall–Kier alpha value is -3.94. The number of fused-ring (bicyclic) bond motifs is 1. The van der Waals surface area contributed by atoms with Crippen molar-refractivity contribution in [1.29, 1.82) is 0 Å². The number of benzene rings is 2. The number of carbonyl (C=O) groups excluding carboxylic acids is 3.